The second-order valence-corrected chi connectivity index (χ2v) is 9.65. The predicted octanol–water partition coefficient (Wildman–Crippen LogP) is 2.81. The van der Waals surface area contributed by atoms with Crippen molar-refractivity contribution in [1.29, 1.82) is 0 Å². The summed E-state index contributed by atoms with van der Waals surface area (Å²) < 4.78 is 2.73. The summed E-state index contributed by atoms with van der Waals surface area (Å²) in [4.78, 5) is 34.1. The van der Waals surface area contributed by atoms with Gasteiger partial charge < -0.3 is 20.9 Å². The highest BCUT2D eigenvalue weighted by atomic mass is 79.9. The fourth-order valence-corrected chi connectivity index (χ4v) is 5.14. The highest BCUT2D eigenvalue weighted by Gasteiger charge is 2.32. The van der Waals surface area contributed by atoms with Gasteiger partial charge in [0.2, 0.25) is 0 Å². The van der Waals surface area contributed by atoms with Crippen LogP contribution in [0.2, 0.25) is 0 Å². The van der Waals surface area contributed by atoms with Crippen LogP contribution in [0.4, 0.5) is 10.6 Å². The van der Waals surface area contributed by atoms with Gasteiger partial charge in [0.15, 0.2) is 0 Å². The lowest BCUT2D eigenvalue weighted by atomic mass is 10.0. The lowest BCUT2D eigenvalue weighted by Gasteiger charge is -2.32. The zero-order chi connectivity index (χ0) is 23.8. The van der Waals surface area contributed by atoms with Crippen molar-refractivity contribution >= 4 is 33.7 Å². The molecule has 0 unspecified atom stereocenters. The number of rotatable bonds is 3. The number of hydrogen-bond acceptors (Lipinski definition) is 5. The summed E-state index contributed by atoms with van der Waals surface area (Å²) in [6, 6.07) is 7.77. The molecular weight excluding hydrogens is 498 g/mol. The molecule has 9 nitrogen and oxygen atoms in total. The van der Waals surface area contributed by atoms with Crippen LogP contribution >= 0.6 is 15.9 Å². The first kappa shape index (κ1) is 22.4. The zero-order valence-electron chi connectivity index (χ0n) is 18.9. The first-order valence-electron chi connectivity index (χ1n) is 11.2. The Kier molecular flexibility index (Phi) is 5.99. The quantitative estimate of drug-likeness (QED) is 0.548. The Morgan fingerprint density at radius 3 is 2.82 bits per heavy atom. The van der Waals surface area contributed by atoms with Crippen molar-refractivity contribution < 1.29 is 9.59 Å². The summed E-state index contributed by atoms with van der Waals surface area (Å²) in [6.45, 7) is 2.36. The number of aromatic nitrogens is 3. The molecule has 2 aromatic heterocycles. The Bertz CT molecular complexity index is 1260. The van der Waals surface area contributed by atoms with E-state index < -0.39 is 0 Å². The summed E-state index contributed by atoms with van der Waals surface area (Å²) in [5, 5.41) is 7.20. The SMILES string of the molecule is Cn1cc(-c2cnc(N)c(C(=O)N[C@@H]3CCN(C(=O)N4CCc5cccc(Br)c5C4)C3)c2)cn1. The third kappa shape index (κ3) is 4.37. The van der Waals surface area contributed by atoms with Crippen molar-refractivity contribution in [3.05, 3.63) is 64.0 Å². The van der Waals surface area contributed by atoms with Gasteiger partial charge in [-0.15, -0.1) is 0 Å². The molecule has 1 fully saturated rings. The number of nitrogens with zero attached hydrogens (tertiary/aromatic N) is 5. The van der Waals surface area contributed by atoms with Crippen LogP contribution in [0.5, 0.6) is 0 Å². The summed E-state index contributed by atoms with van der Waals surface area (Å²) in [7, 11) is 1.83. The van der Waals surface area contributed by atoms with Crippen LogP contribution < -0.4 is 11.1 Å². The van der Waals surface area contributed by atoms with Crippen LogP contribution in [-0.4, -0.2) is 62.2 Å². The van der Waals surface area contributed by atoms with E-state index in [1.165, 1.54) is 11.1 Å². The molecular formula is C24H26BrN7O2. The number of aryl methyl sites for hydroxylation is 1. The number of nitrogens with one attached hydrogen (secondary N) is 1. The molecule has 4 heterocycles. The number of pyridine rings is 1. The fourth-order valence-electron chi connectivity index (χ4n) is 4.60. The molecule has 2 aliphatic rings. The van der Waals surface area contributed by atoms with Crippen molar-refractivity contribution in [3.63, 3.8) is 0 Å². The third-order valence-corrected chi connectivity index (χ3v) is 7.22. The minimum absolute atomic E-state index is 0.0120. The molecule has 0 radical (unpaired) electrons. The van der Waals surface area contributed by atoms with Crippen LogP contribution in [0.3, 0.4) is 0 Å². The van der Waals surface area contributed by atoms with E-state index in [0.29, 0.717) is 38.2 Å². The average Bonchev–Trinajstić information content (AvgIpc) is 3.48. The van der Waals surface area contributed by atoms with Gasteiger partial charge in [-0.2, -0.15) is 5.10 Å². The number of amides is 3. The van der Waals surface area contributed by atoms with Gasteiger partial charge in [-0.05, 0) is 36.1 Å². The van der Waals surface area contributed by atoms with Gasteiger partial charge in [0.05, 0.1) is 11.8 Å². The number of carbonyl (C=O) groups is 2. The first-order valence-corrected chi connectivity index (χ1v) is 12.0. The molecule has 34 heavy (non-hydrogen) atoms. The van der Waals surface area contributed by atoms with E-state index in [9.17, 15) is 9.59 Å². The fraction of sp³-hybridized carbons (Fsp3) is 0.333. The van der Waals surface area contributed by atoms with Gasteiger partial charge in [-0.3, -0.25) is 9.48 Å². The van der Waals surface area contributed by atoms with Crippen molar-refractivity contribution in [1.82, 2.24) is 29.9 Å². The number of urea groups is 1. The molecule has 0 spiro atoms. The molecule has 0 aliphatic carbocycles. The van der Waals surface area contributed by atoms with E-state index in [2.05, 4.69) is 37.4 Å². The van der Waals surface area contributed by atoms with Crippen LogP contribution in [0.25, 0.3) is 11.1 Å². The molecule has 1 atom stereocenters. The van der Waals surface area contributed by atoms with Crippen molar-refractivity contribution in [2.24, 2.45) is 7.05 Å². The Morgan fingerprint density at radius 1 is 1.18 bits per heavy atom. The molecule has 0 bridgehead atoms. The van der Waals surface area contributed by atoms with Gasteiger partial charge in [0.25, 0.3) is 5.91 Å². The Balaban J connectivity index is 1.22. The maximum absolute atomic E-state index is 13.2. The Labute approximate surface area is 206 Å². The lowest BCUT2D eigenvalue weighted by Crippen LogP contribution is -2.46. The molecule has 5 rings (SSSR count). The van der Waals surface area contributed by atoms with Crippen LogP contribution in [-0.2, 0) is 20.0 Å². The minimum atomic E-state index is -0.286. The summed E-state index contributed by atoms with van der Waals surface area (Å²) in [6.07, 6.45) is 6.74. The topological polar surface area (TPSA) is 109 Å². The molecule has 1 saturated heterocycles. The van der Waals surface area contributed by atoms with Crippen LogP contribution in [0, 0.1) is 0 Å². The van der Waals surface area contributed by atoms with Crippen LogP contribution in [0.1, 0.15) is 27.9 Å². The van der Waals surface area contributed by atoms with Gasteiger partial charge in [-0.25, -0.2) is 9.78 Å². The second-order valence-electron chi connectivity index (χ2n) is 8.80. The number of fused-ring (bicyclic) bond motifs is 1. The molecule has 2 aliphatic heterocycles. The number of halogens is 1. The van der Waals surface area contributed by atoms with E-state index in [0.717, 1.165) is 22.0 Å². The number of anilines is 1. The Morgan fingerprint density at radius 2 is 2.03 bits per heavy atom. The highest BCUT2D eigenvalue weighted by Crippen LogP contribution is 2.28. The standard InChI is InChI=1S/C24H26BrN7O2/c1-30-12-17(11-28-30)16-9-19(22(26)27-10-16)23(33)29-18-6-8-31(13-18)24(34)32-7-5-15-3-2-4-21(25)20(15)14-32/h2-4,9-12,18H,5-8,13-14H2,1H3,(H2,26,27)(H,29,33)/t18-/m1/s1. The van der Waals surface area contributed by atoms with Crippen molar-refractivity contribution in [3.8, 4) is 11.1 Å². The molecule has 0 saturated carbocycles. The number of benzene rings is 1. The maximum atomic E-state index is 13.2. The number of nitrogen functional groups attached to an aromatic ring is 1. The maximum Gasteiger partial charge on any atom is 0.320 e. The second kappa shape index (κ2) is 9.09. The minimum Gasteiger partial charge on any atom is -0.383 e. The Hall–Kier alpha value is -3.40. The first-order chi connectivity index (χ1) is 16.4. The smallest absolute Gasteiger partial charge is 0.320 e. The summed E-state index contributed by atoms with van der Waals surface area (Å²) >= 11 is 3.61. The van der Waals surface area contributed by atoms with Gasteiger partial charge in [-0.1, -0.05) is 28.1 Å². The zero-order valence-corrected chi connectivity index (χ0v) is 20.5. The molecule has 176 valence electrons. The van der Waals surface area contributed by atoms with Gasteiger partial charge >= 0.3 is 6.03 Å². The third-order valence-electron chi connectivity index (χ3n) is 6.48. The van der Waals surface area contributed by atoms with E-state index in [1.54, 1.807) is 23.1 Å². The molecule has 10 heteroatoms. The molecule has 3 N–H and O–H groups in total. The highest BCUT2D eigenvalue weighted by molar-refractivity contribution is 9.10. The molecule has 3 amide bonds. The van der Waals surface area contributed by atoms with Gasteiger partial charge in [0.1, 0.15) is 5.82 Å². The largest absolute Gasteiger partial charge is 0.383 e. The number of likely N-dealkylation sites (tertiary alicyclic amines) is 1. The monoisotopic (exact) mass is 523 g/mol. The summed E-state index contributed by atoms with van der Waals surface area (Å²) in [5.74, 6) is -0.112. The van der Waals surface area contributed by atoms with E-state index in [4.69, 9.17) is 5.73 Å². The summed E-state index contributed by atoms with van der Waals surface area (Å²) in [5.41, 5.74) is 10.4. The molecule has 3 aromatic rings. The van der Waals surface area contributed by atoms with E-state index >= 15 is 0 Å². The average molecular weight is 524 g/mol. The van der Waals surface area contributed by atoms with Crippen molar-refractivity contribution in [2.75, 3.05) is 25.4 Å². The molecule has 1 aromatic carbocycles. The number of carbonyl (C=O) groups excluding carboxylic acids is 2. The lowest BCUT2D eigenvalue weighted by molar-refractivity contribution is 0.0937. The number of nitrogens with two attached hydrogens (primary N) is 1. The van der Waals surface area contributed by atoms with Gasteiger partial charge in [0, 0.05) is 67.3 Å². The van der Waals surface area contributed by atoms with E-state index in [-0.39, 0.29) is 23.8 Å². The number of hydrogen-bond donors (Lipinski definition) is 2. The predicted molar refractivity (Wildman–Crippen MR) is 132 cm³/mol. The van der Waals surface area contributed by atoms with Crippen molar-refractivity contribution in [2.45, 2.75) is 25.4 Å². The normalized spacial score (nSPS) is 17.5. The van der Waals surface area contributed by atoms with Crippen LogP contribution in [0.15, 0.2) is 47.3 Å². The van der Waals surface area contributed by atoms with E-state index in [1.807, 2.05) is 35.2 Å².